The summed E-state index contributed by atoms with van der Waals surface area (Å²) in [6.45, 7) is 7.40. The second-order valence-corrected chi connectivity index (χ2v) is 6.53. The first-order valence-electron chi connectivity index (χ1n) is 9.38. The maximum absolute atomic E-state index is 13.1. The van der Waals surface area contributed by atoms with Gasteiger partial charge in [-0.1, -0.05) is 30.3 Å². The Balaban J connectivity index is 1.81. The number of aryl methyl sites for hydroxylation is 2. The Morgan fingerprint density at radius 1 is 1.04 bits per heavy atom. The number of amides is 1. The van der Waals surface area contributed by atoms with Crippen molar-refractivity contribution in [3.05, 3.63) is 60.0 Å². The van der Waals surface area contributed by atoms with E-state index in [0.717, 1.165) is 28.9 Å². The van der Waals surface area contributed by atoms with Crippen molar-refractivity contribution >= 4 is 22.6 Å². The lowest BCUT2D eigenvalue weighted by Crippen LogP contribution is -2.14. The van der Waals surface area contributed by atoms with Crippen LogP contribution in [0.15, 0.2) is 48.8 Å². The van der Waals surface area contributed by atoms with Crippen LogP contribution in [0.2, 0.25) is 0 Å². The molecular weight excluding hydrogens is 352 g/mol. The monoisotopic (exact) mass is 374 g/mol. The number of fused-ring (bicyclic) bond motifs is 1. The third kappa shape index (κ3) is 3.05. The Hall–Kier alpha value is -3.48. The highest BCUT2D eigenvalue weighted by Gasteiger charge is 2.18. The van der Waals surface area contributed by atoms with Crippen LogP contribution in [0.3, 0.4) is 0 Å². The molecule has 28 heavy (non-hydrogen) atoms. The average Bonchev–Trinajstić information content (AvgIpc) is 3.31. The summed E-state index contributed by atoms with van der Waals surface area (Å²) in [6, 6.07) is 11.7. The molecule has 7 nitrogen and oxygen atoms in total. The second-order valence-electron chi connectivity index (χ2n) is 6.53. The Kier molecular flexibility index (Phi) is 4.65. The van der Waals surface area contributed by atoms with Gasteiger partial charge < -0.3 is 5.32 Å². The molecule has 1 N–H and O–H groups in total. The van der Waals surface area contributed by atoms with Crippen LogP contribution in [0, 0.1) is 6.92 Å². The number of pyridine rings is 1. The van der Waals surface area contributed by atoms with Gasteiger partial charge >= 0.3 is 0 Å². The molecule has 7 heteroatoms. The molecule has 0 radical (unpaired) electrons. The van der Waals surface area contributed by atoms with Gasteiger partial charge in [0.15, 0.2) is 5.65 Å². The van der Waals surface area contributed by atoms with Gasteiger partial charge in [0.1, 0.15) is 0 Å². The molecule has 0 aliphatic carbocycles. The Morgan fingerprint density at radius 3 is 2.43 bits per heavy atom. The molecule has 4 rings (SSSR count). The molecule has 1 aromatic carbocycles. The minimum Gasteiger partial charge on any atom is -0.319 e. The van der Waals surface area contributed by atoms with Crippen LogP contribution < -0.4 is 5.32 Å². The summed E-state index contributed by atoms with van der Waals surface area (Å²) < 4.78 is 3.65. The first-order chi connectivity index (χ1) is 13.6. The summed E-state index contributed by atoms with van der Waals surface area (Å²) in [7, 11) is 0. The van der Waals surface area contributed by atoms with Crippen molar-refractivity contribution in [2.45, 2.75) is 33.9 Å². The number of nitrogens with zero attached hydrogens (tertiary/aromatic N) is 5. The summed E-state index contributed by atoms with van der Waals surface area (Å²) in [5, 5.41) is 12.4. The molecule has 0 fully saturated rings. The molecule has 1 amide bonds. The maximum atomic E-state index is 13.1. The number of benzene rings is 1. The van der Waals surface area contributed by atoms with E-state index in [1.54, 1.807) is 17.1 Å². The molecule has 0 spiro atoms. The van der Waals surface area contributed by atoms with Gasteiger partial charge in [0, 0.05) is 18.7 Å². The van der Waals surface area contributed by atoms with Crippen LogP contribution in [0.5, 0.6) is 0 Å². The number of aromatic nitrogens is 5. The Morgan fingerprint density at radius 2 is 1.75 bits per heavy atom. The van der Waals surface area contributed by atoms with Crippen molar-refractivity contribution in [1.29, 1.82) is 0 Å². The van der Waals surface area contributed by atoms with Crippen LogP contribution in [0.1, 0.15) is 29.9 Å². The summed E-state index contributed by atoms with van der Waals surface area (Å²) in [4.78, 5) is 17.9. The highest BCUT2D eigenvalue weighted by molar-refractivity contribution is 6.12. The van der Waals surface area contributed by atoms with Crippen molar-refractivity contribution in [1.82, 2.24) is 24.5 Å². The zero-order valence-electron chi connectivity index (χ0n) is 16.2. The zero-order chi connectivity index (χ0) is 19.7. The lowest BCUT2D eigenvalue weighted by Gasteiger charge is -2.09. The zero-order valence-corrected chi connectivity index (χ0v) is 16.2. The molecule has 0 saturated carbocycles. The van der Waals surface area contributed by atoms with Gasteiger partial charge in [-0.15, -0.1) is 0 Å². The molecule has 142 valence electrons. The van der Waals surface area contributed by atoms with Gasteiger partial charge in [-0.25, -0.2) is 9.67 Å². The molecule has 0 unspecified atom stereocenters. The second kappa shape index (κ2) is 7.26. The van der Waals surface area contributed by atoms with E-state index in [1.807, 2.05) is 61.9 Å². The minimum atomic E-state index is -0.195. The van der Waals surface area contributed by atoms with Crippen molar-refractivity contribution < 1.29 is 4.79 Å². The van der Waals surface area contributed by atoms with Crippen LogP contribution in [0.4, 0.5) is 5.69 Å². The fourth-order valence-corrected chi connectivity index (χ4v) is 3.30. The topological polar surface area (TPSA) is 77.6 Å². The van der Waals surface area contributed by atoms with Crippen LogP contribution in [-0.2, 0) is 13.1 Å². The van der Waals surface area contributed by atoms with E-state index in [0.29, 0.717) is 23.4 Å². The van der Waals surface area contributed by atoms with E-state index in [4.69, 9.17) is 4.98 Å². The van der Waals surface area contributed by atoms with Crippen molar-refractivity contribution in [3.63, 3.8) is 0 Å². The number of rotatable bonds is 5. The number of hydrogen-bond donors (Lipinski definition) is 1. The molecule has 0 bridgehead atoms. The lowest BCUT2D eigenvalue weighted by atomic mass is 10.1. The predicted molar refractivity (Wildman–Crippen MR) is 109 cm³/mol. The summed E-state index contributed by atoms with van der Waals surface area (Å²) in [5.74, 6) is -0.195. The van der Waals surface area contributed by atoms with E-state index in [1.165, 1.54) is 0 Å². The number of carbonyl (C=O) groups excluding carboxylic acids is 1. The van der Waals surface area contributed by atoms with Crippen LogP contribution in [0.25, 0.3) is 22.3 Å². The standard InChI is InChI=1S/C21H22N6O/c1-4-26-14(3)19(13-23-26)25-21(28)16-11-18(15-9-7-6-8-10-15)24-20-17(16)12-22-27(20)5-2/h6-13H,4-5H2,1-3H3,(H,25,28). The van der Waals surface area contributed by atoms with Gasteiger partial charge in [0.05, 0.1) is 40.4 Å². The molecule has 0 aliphatic rings. The largest absolute Gasteiger partial charge is 0.319 e. The SMILES string of the molecule is CCn1ncc(NC(=O)c2cc(-c3ccccc3)nc3c2cnn3CC)c1C. The van der Waals surface area contributed by atoms with E-state index in [2.05, 4.69) is 15.5 Å². The van der Waals surface area contributed by atoms with E-state index < -0.39 is 0 Å². The summed E-state index contributed by atoms with van der Waals surface area (Å²) in [5.41, 5.74) is 4.59. The third-order valence-corrected chi connectivity index (χ3v) is 4.87. The smallest absolute Gasteiger partial charge is 0.256 e. The quantitative estimate of drug-likeness (QED) is 0.575. The molecule has 0 aliphatic heterocycles. The fraction of sp³-hybridized carbons (Fsp3) is 0.238. The minimum absolute atomic E-state index is 0.195. The van der Waals surface area contributed by atoms with Gasteiger partial charge in [0.25, 0.3) is 5.91 Å². The normalized spacial score (nSPS) is 11.1. The van der Waals surface area contributed by atoms with Crippen molar-refractivity contribution in [3.8, 4) is 11.3 Å². The lowest BCUT2D eigenvalue weighted by molar-refractivity contribution is 0.102. The van der Waals surface area contributed by atoms with Gasteiger partial charge in [-0.2, -0.15) is 10.2 Å². The fourth-order valence-electron chi connectivity index (χ4n) is 3.30. The summed E-state index contributed by atoms with van der Waals surface area (Å²) in [6.07, 6.45) is 3.39. The van der Waals surface area contributed by atoms with Crippen molar-refractivity contribution in [2.75, 3.05) is 5.32 Å². The van der Waals surface area contributed by atoms with Crippen LogP contribution in [-0.4, -0.2) is 30.5 Å². The van der Waals surface area contributed by atoms with Gasteiger partial charge in [-0.3, -0.25) is 9.48 Å². The molecule has 3 heterocycles. The predicted octanol–water partition coefficient (Wildman–Crippen LogP) is 3.90. The Labute approximate surface area is 163 Å². The van der Waals surface area contributed by atoms with E-state index in [-0.39, 0.29) is 5.91 Å². The van der Waals surface area contributed by atoms with Gasteiger partial charge in [0.2, 0.25) is 0 Å². The first kappa shape index (κ1) is 17.9. The number of hydrogen-bond acceptors (Lipinski definition) is 4. The summed E-state index contributed by atoms with van der Waals surface area (Å²) >= 11 is 0. The molecule has 4 aromatic rings. The third-order valence-electron chi connectivity index (χ3n) is 4.87. The van der Waals surface area contributed by atoms with Crippen LogP contribution >= 0.6 is 0 Å². The highest BCUT2D eigenvalue weighted by Crippen LogP contribution is 2.26. The average molecular weight is 374 g/mol. The number of anilines is 1. The van der Waals surface area contributed by atoms with Gasteiger partial charge in [-0.05, 0) is 26.8 Å². The molecular formula is C21H22N6O. The van der Waals surface area contributed by atoms with E-state index in [9.17, 15) is 4.79 Å². The number of carbonyl (C=O) groups is 1. The molecule has 3 aromatic heterocycles. The highest BCUT2D eigenvalue weighted by atomic mass is 16.1. The maximum Gasteiger partial charge on any atom is 0.256 e. The van der Waals surface area contributed by atoms with E-state index >= 15 is 0 Å². The first-order valence-corrected chi connectivity index (χ1v) is 9.38. The number of nitrogens with one attached hydrogen (secondary N) is 1. The van der Waals surface area contributed by atoms with Crippen molar-refractivity contribution in [2.24, 2.45) is 0 Å². The Bertz CT molecular complexity index is 1140. The molecule has 0 atom stereocenters. The molecule has 0 saturated heterocycles.